The number of likely N-dealkylation sites (tertiary alicyclic amines) is 1. The molecule has 1 saturated heterocycles. The lowest BCUT2D eigenvalue weighted by Crippen LogP contribution is -2.40. The van der Waals surface area contributed by atoms with Gasteiger partial charge in [0.05, 0.1) is 5.52 Å². The summed E-state index contributed by atoms with van der Waals surface area (Å²) in [7, 11) is 0. The molecule has 1 aliphatic rings. The summed E-state index contributed by atoms with van der Waals surface area (Å²) in [6.07, 6.45) is -0.454. The third-order valence-electron chi connectivity index (χ3n) is 5.88. The van der Waals surface area contributed by atoms with Crippen LogP contribution in [0.1, 0.15) is 35.4 Å². The highest BCUT2D eigenvalue weighted by Gasteiger charge is 2.33. The van der Waals surface area contributed by atoms with E-state index in [0.717, 1.165) is 31.4 Å². The fraction of sp³-hybridized carbons (Fsp3) is 0.391. The van der Waals surface area contributed by atoms with Gasteiger partial charge in [-0.1, -0.05) is 6.07 Å². The Kier molecular flexibility index (Phi) is 6.82. The molecule has 11 heteroatoms. The van der Waals surface area contributed by atoms with Crippen LogP contribution < -0.4 is 5.32 Å². The number of hydrogen-bond donors (Lipinski definition) is 2. The Morgan fingerprint density at radius 1 is 1.15 bits per heavy atom. The molecule has 3 heterocycles. The minimum atomic E-state index is -4.64. The zero-order valence-electron chi connectivity index (χ0n) is 18.3. The molecule has 0 saturated carbocycles. The predicted octanol–water partition coefficient (Wildman–Crippen LogP) is 3.32. The Bertz CT molecular complexity index is 1190. The minimum absolute atomic E-state index is 0.0422. The van der Waals surface area contributed by atoms with Crippen molar-refractivity contribution in [2.45, 2.75) is 32.0 Å². The van der Waals surface area contributed by atoms with Crippen LogP contribution in [0.25, 0.3) is 10.9 Å². The number of hydrogen-bond acceptors (Lipinski definition) is 5. The number of nitrogens with one attached hydrogen (secondary N) is 1. The first-order valence-corrected chi connectivity index (χ1v) is 10.9. The molecule has 4 rings (SSSR count). The lowest BCUT2D eigenvalue weighted by molar-refractivity contribution is -0.141. The number of benzene rings is 1. The summed E-state index contributed by atoms with van der Waals surface area (Å²) in [4.78, 5) is 30.2. The number of carbonyl (C=O) groups excluding carboxylic acids is 2. The van der Waals surface area contributed by atoms with Gasteiger partial charge in [-0.3, -0.25) is 14.3 Å². The fourth-order valence-corrected chi connectivity index (χ4v) is 4.04. The Hall–Kier alpha value is -3.47. The number of aliphatic hydroxyl groups excluding tert-OH is 1. The van der Waals surface area contributed by atoms with Crippen molar-refractivity contribution in [2.24, 2.45) is 5.92 Å². The smallest absolute Gasteiger partial charge is 0.396 e. The van der Waals surface area contributed by atoms with Crippen molar-refractivity contribution in [1.29, 1.82) is 0 Å². The van der Waals surface area contributed by atoms with Gasteiger partial charge in [-0.25, -0.2) is 4.98 Å². The number of halogens is 3. The van der Waals surface area contributed by atoms with Crippen LogP contribution in [0.3, 0.4) is 0 Å². The van der Waals surface area contributed by atoms with Crippen molar-refractivity contribution >= 4 is 28.4 Å². The number of fused-ring (bicyclic) bond motifs is 1. The first-order valence-electron chi connectivity index (χ1n) is 10.9. The molecule has 0 unspecified atom stereocenters. The van der Waals surface area contributed by atoms with Crippen molar-refractivity contribution in [3.8, 4) is 0 Å². The van der Waals surface area contributed by atoms with Crippen LogP contribution in [0.5, 0.6) is 0 Å². The molecule has 2 aromatic heterocycles. The maximum atomic E-state index is 12.9. The number of anilines is 1. The average molecular weight is 475 g/mol. The third kappa shape index (κ3) is 5.53. The van der Waals surface area contributed by atoms with Gasteiger partial charge < -0.3 is 15.3 Å². The molecule has 1 aliphatic heterocycles. The van der Waals surface area contributed by atoms with Crippen molar-refractivity contribution in [2.75, 3.05) is 25.0 Å². The van der Waals surface area contributed by atoms with E-state index in [2.05, 4.69) is 15.4 Å². The summed E-state index contributed by atoms with van der Waals surface area (Å²) in [6, 6.07) is 8.01. The van der Waals surface area contributed by atoms with Crippen molar-refractivity contribution < 1.29 is 27.9 Å². The number of nitrogens with zero attached hydrogens (tertiary/aromatic N) is 4. The second kappa shape index (κ2) is 9.80. The Morgan fingerprint density at radius 3 is 2.62 bits per heavy atom. The number of rotatable bonds is 6. The Balaban J connectivity index is 1.40. The van der Waals surface area contributed by atoms with Crippen molar-refractivity contribution in [1.82, 2.24) is 19.7 Å². The third-order valence-corrected chi connectivity index (χ3v) is 5.88. The van der Waals surface area contributed by atoms with Crippen molar-refractivity contribution in [3.05, 3.63) is 54.0 Å². The molecular formula is C23H24F3N5O3. The van der Waals surface area contributed by atoms with E-state index in [1.54, 1.807) is 29.3 Å². The molecule has 0 bridgehead atoms. The van der Waals surface area contributed by atoms with E-state index < -0.39 is 17.8 Å². The maximum Gasteiger partial charge on any atom is 0.433 e. The van der Waals surface area contributed by atoms with Crippen LogP contribution >= 0.6 is 0 Å². The summed E-state index contributed by atoms with van der Waals surface area (Å²) < 4.78 is 40.1. The molecule has 1 aromatic carbocycles. The van der Waals surface area contributed by atoms with Gasteiger partial charge in [0.15, 0.2) is 0 Å². The number of carbonyl (C=O) groups is 2. The number of piperidine rings is 1. The van der Waals surface area contributed by atoms with Crippen LogP contribution in [-0.4, -0.2) is 56.3 Å². The van der Waals surface area contributed by atoms with E-state index in [4.69, 9.17) is 5.11 Å². The number of pyridine rings is 1. The van der Waals surface area contributed by atoms with Crippen LogP contribution in [0.15, 0.2) is 42.6 Å². The maximum absolute atomic E-state index is 12.9. The highest BCUT2D eigenvalue weighted by atomic mass is 19.4. The predicted molar refractivity (Wildman–Crippen MR) is 118 cm³/mol. The highest BCUT2D eigenvalue weighted by Crippen LogP contribution is 2.27. The van der Waals surface area contributed by atoms with Gasteiger partial charge in [0.2, 0.25) is 5.91 Å². The summed E-state index contributed by atoms with van der Waals surface area (Å²) in [6.45, 7) is 1.56. The molecule has 0 aliphatic carbocycles. The molecule has 0 spiro atoms. The normalized spacial score (nSPS) is 15.0. The van der Waals surface area contributed by atoms with Gasteiger partial charge in [0.25, 0.3) is 5.91 Å². The molecule has 34 heavy (non-hydrogen) atoms. The molecule has 1 fully saturated rings. The quantitative estimate of drug-likeness (QED) is 0.570. The molecule has 0 radical (unpaired) electrons. The Morgan fingerprint density at radius 2 is 1.91 bits per heavy atom. The first-order chi connectivity index (χ1) is 16.2. The zero-order chi connectivity index (χ0) is 24.3. The van der Waals surface area contributed by atoms with Gasteiger partial charge >= 0.3 is 6.18 Å². The molecular weight excluding hydrogens is 451 g/mol. The second-order valence-electron chi connectivity index (χ2n) is 8.30. The van der Waals surface area contributed by atoms with Crippen LogP contribution in [0, 0.1) is 5.92 Å². The van der Waals surface area contributed by atoms with E-state index in [1.165, 1.54) is 10.7 Å². The molecule has 3 aromatic rings. The van der Waals surface area contributed by atoms with E-state index in [-0.39, 0.29) is 24.8 Å². The van der Waals surface area contributed by atoms with E-state index in [0.29, 0.717) is 35.6 Å². The van der Waals surface area contributed by atoms with E-state index in [1.807, 2.05) is 0 Å². The fourth-order valence-electron chi connectivity index (χ4n) is 4.04. The van der Waals surface area contributed by atoms with Gasteiger partial charge in [-0.05, 0) is 55.5 Å². The SMILES string of the molecule is O=C(Nc1ccc2nn(CC(=O)N3CCC(CCO)CC3)cc2c1)c1cccc(C(F)(F)F)n1. The summed E-state index contributed by atoms with van der Waals surface area (Å²) in [5.74, 6) is -0.363. The first kappa shape index (κ1) is 23.7. The van der Waals surface area contributed by atoms with Crippen LogP contribution in [-0.2, 0) is 17.5 Å². The zero-order valence-corrected chi connectivity index (χ0v) is 18.3. The lowest BCUT2D eigenvalue weighted by Gasteiger charge is -2.31. The van der Waals surface area contributed by atoms with Gasteiger partial charge in [-0.2, -0.15) is 18.3 Å². The van der Waals surface area contributed by atoms with Gasteiger partial charge in [0, 0.05) is 37.0 Å². The topological polar surface area (TPSA) is 100 Å². The number of alkyl halides is 3. The molecule has 8 nitrogen and oxygen atoms in total. The molecule has 0 atom stereocenters. The standard InChI is InChI=1S/C23H24F3N5O3/c24-23(25,26)20-3-1-2-19(28-20)22(34)27-17-4-5-18-16(12-17)13-31(29-18)14-21(33)30-9-6-15(7-10-30)8-11-32/h1-5,12-13,15,32H,6-11,14H2,(H,27,34). The van der Waals surface area contributed by atoms with Crippen LogP contribution in [0.2, 0.25) is 0 Å². The Labute approximate surface area is 193 Å². The summed E-state index contributed by atoms with van der Waals surface area (Å²) in [5, 5.41) is 16.7. The van der Waals surface area contributed by atoms with Crippen molar-refractivity contribution in [3.63, 3.8) is 0 Å². The highest BCUT2D eigenvalue weighted by molar-refractivity contribution is 6.03. The largest absolute Gasteiger partial charge is 0.433 e. The summed E-state index contributed by atoms with van der Waals surface area (Å²) >= 11 is 0. The van der Waals surface area contributed by atoms with Gasteiger partial charge in [-0.15, -0.1) is 0 Å². The second-order valence-corrected chi connectivity index (χ2v) is 8.30. The van der Waals surface area contributed by atoms with E-state index in [9.17, 15) is 22.8 Å². The molecule has 2 amide bonds. The van der Waals surface area contributed by atoms with Crippen LogP contribution in [0.4, 0.5) is 18.9 Å². The number of aliphatic hydroxyl groups is 1. The number of aromatic nitrogens is 3. The minimum Gasteiger partial charge on any atom is -0.396 e. The van der Waals surface area contributed by atoms with Gasteiger partial charge in [0.1, 0.15) is 17.9 Å². The monoisotopic (exact) mass is 475 g/mol. The summed E-state index contributed by atoms with van der Waals surface area (Å²) in [5.41, 5.74) is -0.503. The van der Waals surface area contributed by atoms with E-state index >= 15 is 0 Å². The lowest BCUT2D eigenvalue weighted by atomic mass is 9.94. The molecule has 180 valence electrons. The molecule has 2 N–H and O–H groups in total. The average Bonchev–Trinajstić information content (AvgIpc) is 3.20. The number of amides is 2.